The minimum absolute atomic E-state index is 0.322. The first-order valence-corrected chi connectivity index (χ1v) is 7.33. The molecule has 0 saturated heterocycles. The maximum Gasteiger partial charge on any atom is 0.203 e. The Morgan fingerprint density at radius 1 is 1.39 bits per heavy atom. The zero-order valence-corrected chi connectivity index (χ0v) is 11.9. The van der Waals surface area contributed by atoms with E-state index in [2.05, 4.69) is 54.0 Å². The molecular weight excluding hydrogens is 242 g/mol. The van der Waals surface area contributed by atoms with Gasteiger partial charge in [-0.25, -0.2) is 4.98 Å². The zero-order valence-electron chi connectivity index (χ0n) is 11.1. The van der Waals surface area contributed by atoms with Crippen molar-refractivity contribution in [3.8, 4) is 0 Å². The second-order valence-electron chi connectivity index (χ2n) is 5.16. The summed E-state index contributed by atoms with van der Waals surface area (Å²) in [5, 5.41) is 3.54. The Bertz CT molecular complexity index is 551. The summed E-state index contributed by atoms with van der Waals surface area (Å²) >= 11 is 1.85. The van der Waals surface area contributed by atoms with Gasteiger partial charge in [-0.2, -0.15) is 0 Å². The smallest absolute Gasteiger partial charge is 0.203 e. The predicted molar refractivity (Wildman–Crippen MR) is 76.3 cm³/mol. The number of aryl methyl sites for hydroxylation is 2. The molecule has 1 fully saturated rings. The Morgan fingerprint density at radius 2 is 2.17 bits per heavy atom. The molecule has 96 valence electrons. The van der Waals surface area contributed by atoms with Crippen LogP contribution in [-0.2, 0) is 0 Å². The van der Waals surface area contributed by atoms with Gasteiger partial charge in [-0.3, -0.25) is 0 Å². The summed E-state index contributed by atoms with van der Waals surface area (Å²) < 4.78 is 2.30. The van der Waals surface area contributed by atoms with E-state index in [1.54, 1.807) is 0 Å². The van der Waals surface area contributed by atoms with E-state index in [0.29, 0.717) is 12.1 Å². The van der Waals surface area contributed by atoms with E-state index in [1.165, 1.54) is 22.6 Å². The molecule has 1 unspecified atom stereocenters. The van der Waals surface area contributed by atoms with Gasteiger partial charge in [-0.1, -0.05) is 0 Å². The number of nitrogens with zero attached hydrogens (tertiary/aromatic N) is 2. The van der Waals surface area contributed by atoms with E-state index < -0.39 is 0 Å². The average Bonchev–Trinajstić information content (AvgIpc) is 2.97. The normalized spacial score (nSPS) is 16.8. The lowest BCUT2D eigenvalue weighted by atomic mass is 10.3. The van der Waals surface area contributed by atoms with Crippen molar-refractivity contribution in [2.45, 2.75) is 45.7 Å². The average molecular weight is 261 g/mol. The summed E-state index contributed by atoms with van der Waals surface area (Å²) in [6.45, 7) is 6.41. The molecule has 2 heterocycles. The monoisotopic (exact) mass is 261 g/mol. The molecule has 4 heteroatoms. The van der Waals surface area contributed by atoms with Crippen LogP contribution in [0.2, 0.25) is 0 Å². The fourth-order valence-electron chi connectivity index (χ4n) is 2.20. The molecule has 0 amide bonds. The molecule has 1 aliphatic rings. The lowest BCUT2D eigenvalue weighted by Gasteiger charge is -2.14. The van der Waals surface area contributed by atoms with Gasteiger partial charge in [-0.15, -0.1) is 11.3 Å². The van der Waals surface area contributed by atoms with Gasteiger partial charge in [0.1, 0.15) is 0 Å². The highest BCUT2D eigenvalue weighted by atomic mass is 32.1. The van der Waals surface area contributed by atoms with Crippen LogP contribution in [0.4, 0.5) is 5.95 Å². The summed E-state index contributed by atoms with van der Waals surface area (Å²) in [4.78, 5) is 7.33. The van der Waals surface area contributed by atoms with Crippen molar-refractivity contribution >= 4 is 17.3 Å². The molecule has 1 aliphatic carbocycles. The summed E-state index contributed by atoms with van der Waals surface area (Å²) in [5.41, 5.74) is 1.10. The van der Waals surface area contributed by atoms with E-state index in [0.717, 1.165) is 11.6 Å². The van der Waals surface area contributed by atoms with Crippen LogP contribution in [0.5, 0.6) is 0 Å². The van der Waals surface area contributed by atoms with Crippen LogP contribution >= 0.6 is 11.3 Å². The molecule has 1 saturated carbocycles. The van der Waals surface area contributed by atoms with E-state index in [4.69, 9.17) is 0 Å². The van der Waals surface area contributed by atoms with Gasteiger partial charge in [0.25, 0.3) is 0 Å². The van der Waals surface area contributed by atoms with Crippen LogP contribution in [0.3, 0.4) is 0 Å². The third-order valence-corrected chi connectivity index (χ3v) is 4.51. The van der Waals surface area contributed by atoms with Crippen LogP contribution in [0.25, 0.3) is 0 Å². The lowest BCUT2D eigenvalue weighted by Crippen LogP contribution is -2.10. The minimum atomic E-state index is 0.322. The molecule has 0 spiro atoms. The maximum absolute atomic E-state index is 4.60. The number of imidazole rings is 1. The van der Waals surface area contributed by atoms with Gasteiger partial charge >= 0.3 is 0 Å². The van der Waals surface area contributed by atoms with Gasteiger partial charge in [0.2, 0.25) is 5.95 Å². The van der Waals surface area contributed by atoms with E-state index in [1.807, 2.05) is 11.3 Å². The second-order valence-corrected chi connectivity index (χ2v) is 6.48. The molecule has 1 atom stereocenters. The van der Waals surface area contributed by atoms with Gasteiger partial charge in [0.15, 0.2) is 0 Å². The van der Waals surface area contributed by atoms with Crippen molar-refractivity contribution in [3.05, 3.63) is 33.8 Å². The van der Waals surface area contributed by atoms with Gasteiger partial charge in [0.05, 0.1) is 11.7 Å². The Labute approximate surface area is 112 Å². The summed E-state index contributed by atoms with van der Waals surface area (Å²) in [6.07, 6.45) is 4.74. The minimum Gasteiger partial charge on any atom is -0.348 e. The Hall–Kier alpha value is -1.29. The summed E-state index contributed by atoms with van der Waals surface area (Å²) in [7, 11) is 0. The Balaban J connectivity index is 1.79. The molecule has 0 bridgehead atoms. The molecule has 18 heavy (non-hydrogen) atoms. The van der Waals surface area contributed by atoms with Crippen molar-refractivity contribution in [3.63, 3.8) is 0 Å². The van der Waals surface area contributed by atoms with Crippen molar-refractivity contribution in [2.24, 2.45) is 0 Å². The highest BCUT2D eigenvalue weighted by Crippen LogP contribution is 2.38. The van der Waals surface area contributed by atoms with Crippen molar-refractivity contribution in [1.29, 1.82) is 0 Å². The molecule has 0 aromatic carbocycles. The molecular formula is C14H19N3S. The molecule has 3 nitrogen and oxygen atoms in total. The van der Waals surface area contributed by atoms with E-state index >= 15 is 0 Å². The van der Waals surface area contributed by atoms with Crippen molar-refractivity contribution in [1.82, 2.24) is 9.55 Å². The topological polar surface area (TPSA) is 29.9 Å². The molecule has 2 aromatic heterocycles. The number of rotatable bonds is 4. The van der Waals surface area contributed by atoms with E-state index in [9.17, 15) is 0 Å². The van der Waals surface area contributed by atoms with Crippen LogP contribution in [0.15, 0.2) is 18.3 Å². The van der Waals surface area contributed by atoms with Gasteiger partial charge in [0, 0.05) is 22.0 Å². The third kappa shape index (κ3) is 2.29. The quantitative estimate of drug-likeness (QED) is 0.899. The molecule has 0 aliphatic heterocycles. The first-order chi connectivity index (χ1) is 8.63. The van der Waals surface area contributed by atoms with Crippen LogP contribution < -0.4 is 5.32 Å². The van der Waals surface area contributed by atoms with Gasteiger partial charge < -0.3 is 9.88 Å². The number of hydrogen-bond acceptors (Lipinski definition) is 3. The number of aromatic nitrogens is 2. The standard InChI is InChI=1S/C14H19N3S/c1-9-8-17(12-5-6-12)14(15-9)16-11(3)13-7-4-10(2)18-13/h4,7-8,11-12H,5-6H2,1-3H3,(H,15,16). The van der Waals surface area contributed by atoms with Crippen LogP contribution in [-0.4, -0.2) is 9.55 Å². The lowest BCUT2D eigenvalue weighted by molar-refractivity contribution is 0.729. The Kier molecular flexibility index (Phi) is 2.90. The second kappa shape index (κ2) is 4.43. The largest absolute Gasteiger partial charge is 0.348 e. The SMILES string of the molecule is Cc1cn(C2CC2)c(NC(C)c2ccc(C)s2)n1. The summed E-state index contributed by atoms with van der Waals surface area (Å²) in [6, 6.07) is 5.38. The number of hydrogen-bond donors (Lipinski definition) is 1. The first-order valence-electron chi connectivity index (χ1n) is 6.52. The van der Waals surface area contributed by atoms with Crippen LogP contribution in [0.1, 0.15) is 47.3 Å². The van der Waals surface area contributed by atoms with Gasteiger partial charge in [-0.05, 0) is 45.7 Å². The maximum atomic E-state index is 4.60. The first kappa shape index (κ1) is 11.8. The predicted octanol–water partition coefficient (Wildman–Crippen LogP) is 4.07. The highest BCUT2D eigenvalue weighted by Gasteiger charge is 2.26. The van der Waals surface area contributed by atoms with Crippen molar-refractivity contribution in [2.75, 3.05) is 5.32 Å². The molecule has 2 aromatic rings. The van der Waals surface area contributed by atoms with Crippen LogP contribution in [0, 0.1) is 13.8 Å². The number of anilines is 1. The molecule has 0 radical (unpaired) electrons. The van der Waals surface area contributed by atoms with E-state index in [-0.39, 0.29) is 0 Å². The fraction of sp³-hybridized carbons (Fsp3) is 0.500. The van der Waals surface area contributed by atoms with Crippen molar-refractivity contribution < 1.29 is 0 Å². The molecule has 3 rings (SSSR count). The number of thiophene rings is 1. The third-order valence-electron chi connectivity index (χ3n) is 3.33. The number of nitrogens with one attached hydrogen (secondary N) is 1. The summed E-state index contributed by atoms with van der Waals surface area (Å²) in [5.74, 6) is 1.02. The Morgan fingerprint density at radius 3 is 2.78 bits per heavy atom. The highest BCUT2D eigenvalue weighted by molar-refractivity contribution is 7.12. The fourth-order valence-corrected chi connectivity index (χ4v) is 3.08. The zero-order chi connectivity index (χ0) is 12.7. The molecule has 1 N–H and O–H groups in total.